The van der Waals surface area contributed by atoms with Gasteiger partial charge in [-0.2, -0.15) is 0 Å². The Kier molecular flexibility index (Phi) is 5.45. The summed E-state index contributed by atoms with van der Waals surface area (Å²) in [6.45, 7) is 12.8. The van der Waals surface area contributed by atoms with Gasteiger partial charge in [-0.05, 0) is 32.6 Å². The minimum absolute atomic E-state index is 0.00242. The first kappa shape index (κ1) is 19.1. The Balaban J connectivity index is 3.03. The molecule has 1 N–H and O–H groups in total. The third-order valence-electron chi connectivity index (χ3n) is 3.50. The molecule has 0 fully saturated rings. The normalized spacial score (nSPS) is 13.2. The standard InChI is InChI=1S/C15H26N2O3S2/c1-8-9-22(19,20)15(6,7)12(18)17-13-16-10(2)11(21-13)14(3,4)5/h8-9H2,1-7H3,(H,16,17,18). The number of nitrogens with one attached hydrogen (secondary N) is 1. The summed E-state index contributed by atoms with van der Waals surface area (Å²) in [4.78, 5) is 17.8. The van der Waals surface area contributed by atoms with Crippen LogP contribution >= 0.6 is 11.3 Å². The van der Waals surface area contributed by atoms with Crippen LogP contribution in [0.3, 0.4) is 0 Å². The van der Waals surface area contributed by atoms with Gasteiger partial charge in [-0.3, -0.25) is 4.79 Å². The molecular weight excluding hydrogens is 320 g/mol. The van der Waals surface area contributed by atoms with Crippen LogP contribution in [0.1, 0.15) is 58.5 Å². The highest BCUT2D eigenvalue weighted by molar-refractivity contribution is 7.93. The molecule has 1 heterocycles. The van der Waals surface area contributed by atoms with Crippen LogP contribution in [0.15, 0.2) is 0 Å². The molecule has 0 aliphatic rings. The Bertz CT molecular complexity index is 653. The van der Waals surface area contributed by atoms with Crippen LogP contribution in [0, 0.1) is 6.92 Å². The van der Waals surface area contributed by atoms with E-state index >= 15 is 0 Å². The van der Waals surface area contributed by atoms with Crippen molar-refractivity contribution in [1.82, 2.24) is 4.98 Å². The van der Waals surface area contributed by atoms with E-state index in [0.717, 1.165) is 10.6 Å². The van der Waals surface area contributed by atoms with Crippen molar-refractivity contribution in [2.75, 3.05) is 11.1 Å². The molecule has 0 saturated heterocycles. The molecular formula is C15H26N2O3S2. The van der Waals surface area contributed by atoms with Crippen molar-refractivity contribution in [3.05, 3.63) is 10.6 Å². The van der Waals surface area contributed by atoms with Crippen molar-refractivity contribution in [1.29, 1.82) is 0 Å². The van der Waals surface area contributed by atoms with Gasteiger partial charge in [-0.25, -0.2) is 13.4 Å². The Labute approximate surface area is 137 Å². The van der Waals surface area contributed by atoms with Crippen LogP contribution in [0.5, 0.6) is 0 Å². The molecule has 0 spiro atoms. The molecule has 0 unspecified atom stereocenters. The maximum Gasteiger partial charge on any atom is 0.247 e. The molecule has 7 heteroatoms. The number of nitrogens with zero attached hydrogens (tertiary/aromatic N) is 1. The van der Waals surface area contributed by atoms with E-state index in [9.17, 15) is 13.2 Å². The van der Waals surface area contributed by atoms with Crippen LogP contribution in [0.25, 0.3) is 0 Å². The van der Waals surface area contributed by atoms with Gasteiger partial charge in [0.1, 0.15) is 4.75 Å². The number of aromatic nitrogens is 1. The average molecular weight is 347 g/mol. The molecule has 22 heavy (non-hydrogen) atoms. The molecule has 126 valence electrons. The van der Waals surface area contributed by atoms with E-state index in [0.29, 0.717) is 11.6 Å². The fraction of sp³-hybridized carbons (Fsp3) is 0.733. The molecule has 0 atom stereocenters. The topological polar surface area (TPSA) is 76.1 Å². The number of rotatable bonds is 5. The largest absolute Gasteiger partial charge is 0.301 e. The number of anilines is 1. The van der Waals surface area contributed by atoms with E-state index in [1.165, 1.54) is 25.2 Å². The van der Waals surface area contributed by atoms with E-state index in [2.05, 4.69) is 31.1 Å². The molecule has 5 nitrogen and oxygen atoms in total. The Morgan fingerprint density at radius 2 is 1.77 bits per heavy atom. The van der Waals surface area contributed by atoms with Crippen LogP contribution in [-0.2, 0) is 20.0 Å². The zero-order chi connectivity index (χ0) is 17.3. The Morgan fingerprint density at radius 3 is 2.18 bits per heavy atom. The lowest BCUT2D eigenvalue weighted by atomic mass is 9.94. The monoisotopic (exact) mass is 346 g/mol. The summed E-state index contributed by atoms with van der Waals surface area (Å²) in [7, 11) is -3.50. The predicted molar refractivity (Wildman–Crippen MR) is 92.3 cm³/mol. The summed E-state index contributed by atoms with van der Waals surface area (Å²) in [5.74, 6) is -0.535. The maximum atomic E-state index is 12.4. The summed E-state index contributed by atoms with van der Waals surface area (Å²) < 4.78 is 23.0. The molecule has 0 aliphatic carbocycles. The number of thiazole rings is 1. The smallest absolute Gasteiger partial charge is 0.247 e. The number of carbonyl (C=O) groups excluding carboxylic acids is 1. The minimum atomic E-state index is -3.50. The van der Waals surface area contributed by atoms with Gasteiger partial charge in [-0.1, -0.05) is 27.7 Å². The number of hydrogen-bond donors (Lipinski definition) is 1. The summed E-state index contributed by atoms with van der Waals surface area (Å²) in [6.07, 6.45) is 0.490. The fourth-order valence-corrected chi connectivity index (χ4v) is 4.46. The first-order valence-corrected chi connectivity index (χ1v) is 9.81. The van der Waals surface area contributed by atoms with Crippen LogP contribution in [0.2, 0.25) is 0 Å². The van der Waals surface area contributed by atoms with Gasteiger partial charge in [0.2, 0.25) is 5.91 Å². The van der Waals surface area contributed by atoms with Gasteiger partial charge in [0, 0.05) is 4.88 Å². The SMILES string of the molecule is CCCS(=O)(=O)C(C)(C)C(=O)Nc1nc(C)c(C(C)(C)C)s1. The summed E-state index contributed by atoms with van der Waals surface area (Å²) in [6, 6.07) is 0. The highest BCUT2D eigenvalue weighted by Crippen LogP contribution is 2.34. The molecule has 1 aromatic heterocycles. The Hall–Kier alpha value is -0.950. The minimum Gasteiger partial charge on any atom is -0.301 e. The number of aryl methyl sites for hydroxylation is 1. The van der Waals surface area contributed by atoms with Crippen molar-refractivity contribution >= 4 is 32.2 Å². The predicted octanol–water partition coefficient (Wildman–Crippen LogP) is 3.29. The lowest BCUT2D eigenvalue weighted by Gasteiger charge is -2.22. The quantitative estimate of drug-likeness (QED) is 0.887. The van der Waals surface area contributed by atoms with E-state index in [-0.39, 0.29) is 11.2 Å². The molecule has 1 rings (SSSR count). The molecule has 0 bridgehead atoms. The number of hydrogen-bond acceptors (Lipinski definition) is 5. The van der Waals surface area contributed by atoms with Crippen molar-refractivity contribution in [2.24, 2.45) is 0 Å². The van der Waals surface area contributed by atoms with Gasteiger partial charge in [0.05, 0.1) is 11.4 Å². The molecule has 1 amide bonds. The highest BCUT2D eigenvalue weighted by atomic mass is 32.2. The third kappa shape index (κ3) is 3.87. The fourth-order valence-electron chi connectivity index (χ4n) is 2.06. The second-order valence-corrected chi connectivity index (χ2v) is 10.6. The van der Waals surface area contributed by atoms with Crippen LogP contribution in [0.4, 0.5) is 5.13 Å². The Morgan fingerprint density at radius 1 is 1.23 bits per heavy atom. The molecule has 0 radical (unpaired) electrons. The van der Waals surface area contributed by atoms with Gasteiger partial charge in [0.15, 0.2) is 15.0 Å². The molecule has 1 aromatic rings. The number of carbonyl (C=O) groups is 1. The summed E-state index contributed by atoms with van der Waals surface area (Å²) in [5, 5.41) is 3.12. The van der Waals surface area contributed by atoms with Crippen LogP contribution in [-0.4, -0.2) is 29.8 Å². The van der Waals surface area contributed by atoms with E-state index < -0.39 is 20.5 Å². The summed E-state index contributed by atoms with van der Waals surface area (Å²) in [5.41, 5.74) is 0.802. The van der Waals surface area contributed by atoms with Crippen molar-refractivity contribution < 1.29 is 13.2 Å². The zero-order valence-electron chi connectivity index (χ0n) is 14.4. The first-order chi connectivity index (χ1) is 9.83. The summed E-state index contributed by atoms with van der Waals surface area (Å²) >= 11 is 1.40. The molecule has 0 saturated carbocycles. The molecule has 0 aliphatic heterocycles. The van der Waals surface area contributed by atoms with E-state index in [1.54, 1.807) is 6.92 Å². The number of sulfone groups is 1. The maximum absolute atomic E-state index is 12.4. The van der Waals surface area contributed by atoms with Gasteiger partial charge >= 0.3 is 0 Å². The van der Waals surface area contributed by atoms with Gasteiger partial charge in [0.25, 0.3) is 0 Å². The van der Waals surface area contributed by atoms with E-state index in [4.69, 9.17) is 0 Å². The first-order valence-electron chi connectivity index (χ1n) is 7.34. The van der Waals surface area contributed by atoms with Crippen molar-refractivity contribution in [3.8, 4) is 0 Å². The van der Waals surface area contributed by atoms with Gasteiger partial charge in [-0.15, -0.1) is 11.3 Å². The van der Waals surface area contributed by atoms with Crippen molar-refractivity contribution in [2.45, 2.75) is 65.0 Å². The van der Waals surface area contributed by atoms with Gasteiger partial charge < -0.3 is 5.32 Å². The third-order valence-corrected chi connectivity index (χ3v) is 7.68. The molecule has 0 aromatic carbocycles. The van der Waals surface area contributed by atoms with E-state index in [1.807, 2.05) is 6.92 Å². The number of amides is 1. The highest BCUT2D eigenvalue weighted by Gasteiger charge is 2.41. The second kappa shape index (κ2) is 6.28. The zero-order valence-corrected chi connectivity index (χ0v) is 16.0. The van der Waals surface area contributed by atoms with Crippen LogP contribution < -0.4 is 5.32 Å². The lowest BCUT2D eigenvalue weighted by molar-refractivity contribution is -0.117. The second-order valence-electron chi connectivity index (χ2n) is 6.97. The van der Waals surface area contributed by atoms with Crippen molar-refractivity contribution in [3.63, 3.8) is 0 Å². The lowest BCUT2D eigenvalue weighted by Crippen LogP contribution is -2.45. The average Bonchev–Trinajstić information content (AvgIpc) is 2.69.